The second-order valence-corrected chi connectivity index (χ2v) is 4.24. The van der Waals surface area contributed by atoms with Gasteiger partial charge in [-0.25, -0.2) is 14.8 Å². The Labute approximate surface area is 121 Å². The largest absolute Gasteiger partial charge is 0.476 e. The lowest BCUT2D eigenvalue weighted by molar-refractivity contribution is -0.111. The summed E-state index contributed by atoms with van der Waals surface area (Å²) in [5.41, 5.74) is 1.65. The molecule has 0 bridgehead atoms. The summed E-state index contributed by atoms with van der Waals surface area (Å²) < 4.78 is 0. The van der Waals surface area contributed by atoms with E-state index in [0.717, 1.165) is 11.1 Å². The first kappa shape index (κ1) is 14.4. The molecule has 0 aliphatic heterocycles. The minimum Gasteiger partial charge on any atom is -0.476 e. The van der Waals surface area contributed by atoms with Crippen molar-refractivity contribution in [1.82, 2.24) is 9.97 Å². The van der Waals surface area contributed by atoms with Gasteiger partial charge in [0.25, 0.3) is 0 Å². The molecule has 0 saturated carbocycles. The highest BCUT2D eigenvalue weighted by molar-refractivity contribution is 6.04. The second kappa shape index (κ2) is 6.42. The lowest BCUT2D eigenvalue weighted by Crippen LogP contribution is -2.14. The monoisotopic (exact) mass is 283 g/mol. The molecule has 2 N–H and O–H groups in total. The lowest BCUT2D eigenvalue weighted by Gasteiger charge is -2.04. The van der Waals surface area contributed by atoms with Gasteiger partial charge in [-0.15, -0.1) is 0 Å². The van der Waals surface area contributed by atoms with E-state index < -0.39 is 11.9 Å². The molecule has 0 fully saturated rings. The van der Waals surface area contributed by atoms with Gasteiger partial charge in [0.15, 0.2) is 11.5 Å². The van der Waals surface area contributed by atoms with Crippen molar-refractivity contribution in [2.45, 2.75) is 6.92 Å². The van der Waals surface area contributed by atoms with Crippen LogP contribution >= 0.6 is 0 Å². The van der Waals surface area contributed by atoms with Crippen LogP contribution in [-0.4, -0.2) is 27.0 Å². The van der Waals surface area contributed by atoms with Gasteiger partial charge >= 0.3 is 5.97 Å². The Hall–Kier alpha value is -3.02. The number of rotatable bonds is 4. The third-order valence-electron chi connectivity index (χ3n) is 2.75. The van der Waals surface area contributed by atoms with E-state index in [2.05, 4.69) is 15.3 Å². The molecule has 106 valence electrons. The molecule has 1 amide bonds. The van der Waals surface area contributed by atoms with Crippen molar-refractivity contribution in [3.8, 4) is 0 Å². The molecule has 0 radical (unpaired) electrons. The third kappa shape index (κ3) is 3.73. The summed E-state index contributed by atoms with van der Waals surface area (Å²) in [5.74, 6) is -1.80. The Morgan fingerprint density at radius 3 is 2.62 bits per heavy atom. The first-order valence-electron chi connectivity index (χ1n) is 6.17. The molecule has 21 heavy (non-hydrogen) atoms. The van der Waals surface area contributed by atoms with E-state index >= 15 is 0 Å². The Morgan fingerprint density at radius 2 is 1.90 bits per heavy atom. The van der Waals surface area contributed by atoms with Crippen LogP contribution in [0.1, 0.15) is 21.6 Å². The zero-order valence-corrected chi connectivity index (χ0v) is 11.3. The molecule has 0 spiro atoms. The predicted octanol–water partition coefficient (Wildman–Crippen LogP) is 2.14. The summed E-state index contributed by atoms with van der Waals surface area (Å²) >= 11 is 0. The molecule has 2 rings (SSSR count). The SMILES string of the molecule is Cc1ccccc1C=CC(=O)Nc1nccnc1C(=O)O. The summed E-state index contributed by atoms with van der Waals surface area (Å²) in [5, 5.41) is 11.4. The zero-order chi connectivity index (χ0) is 15.2. The Kier molecular flexibility index (Phi) is 4.40. The van der Waals surface area contributed by atoms with Crippen molar-refractivity contribution in [2.24, 2.45) is 0 Å². The van der Waals surface area contributed by atoms with Gasteiger partial charge < -0.3 is 10.4 Å². The van der Waals surface area contributed by atoms with Crippen molar-refractivity contribution < 1.29 is 14.7 Å². The van der Waals surface area contributed by atoms with Crippen molar-refractivity contribution in [1.29, 1.82) is 0 Å². The number of carboxylic acid groups (broad SMARTS) is 1. The fourth-order valence-electron chi connectivity index (χ4n) is 1.68. The van der Waals surface area contributed by atoms with Gasteiger partial charge in [0.05, 0.1) is 0 Å². The fraction of sp³-hybridized carbons (Fsp3) is 0.0667. The van der Waals surface area contributed by atoms with Crippen LogP contribution in [0.2, 0.25) is 0 Å². The highest BCUT2D eigenvalue weighted by Crippen LogP contribution is 2.10. The number of nitrogens with one attached hydrogen (secondary N) is 1. The molecule has 1 aromatic carbocycles. The number of amides is 1. The summed E-state index contributed by atoms with van der Waals surface area (Å²) in [6, 6.07) is 7.59. The molecule has 6 nitrogen and oxygen atoms in total. The number of carbonyl (C=O) groups excluding carboxylic acids is 1. The molecule has 0 aliphatic rings. The number of aromatic carboxylic acids is 1. The molecular formula is C15H13N3O3. The predicted molar refractivity (Wildman–Crippen MR) is 77.8 cm³/mol. The van der Waals surface area contributed by atoms with Crippen LogP contribution in [0, 0.1) is 6.92 Å². The van der Waals surface area contributed by atoms with Gasteiger partial charge in [0.2, 0.25) is 5.91 Å². The number of carbonyl (C=O) groups is 2. The average Bonchev–Trinajstić information content (AvgIpc) is 2.47. The van der Waals surface area contributed by atoms with E-state index in [-0.39, 0.29) is 11.5 Å². The van der Waals surface area contributed by atoms with Crippen LogP contribution < -0.4 is 5.32 Å². The maximum atomic E-state index is 11.8. The number of carboxylic acids is 1. The normalized spacial score (nSPS) is 10.5. The molecule has 1 aromatic heterocycles. The second-order valence-electron chi connectivity index (χ2n) is 4.24. The van der Waals surface area contributed by atoms with Crippen LogP contribution in [0.25, 0.3) is 6.08 Å². The van der Waals surface area contributed by atoms with Gasteiger partial charge in [-0.2, -0.15) is 0 Å². The van der Waals surface area contributed by atoms with Crippen molar-refractivity contribution in [2.75, 3.05) is 5.32 Å². The molecule has 1 heterocycles. The van der Waals surface area contributed by atoms with Crippen LogP contribution in [-0.2, 0) is 4.79 Å². The highest BCUT2D eigenvalue weighted by atomic mass is 16.4. The number of hydrogen-bond donors (Lipinski definition) is 2. The molecule has 0 saturated heterocycles. The topological polar surface area (TPSA) is 92.2 Å². The number of benzene rings is 1. The first-order chi connectivity index (χ1) is 10.1. The lowest BCUT2D eigenvalue weighted by atomic mass is 10.1. The molecule has 2 aromatic rings. The van der Waals surface area contributed by atoms with E-state index in [1.54, 1.807) is 6.08 Å². The van der Waals surface area contributed by atoms with Crippen molar-refractivity contribution in [3.63, 3.8) is 0 Å². The van der Waals surface area contributed by atoms with E-state index in [9.17, 15) is 9.59 Å². The van der Waals surface area contributed by atoms with Crippen LogP contribution in [0.3, 0.4) is 0 Å². The summed E-state index contributed by atoms with van der Waals surface area (Å²) in [6.07, 6.45) is 5.54. The standard InChI is InChI=1S/C15H13N3O3/c1-10-4-2-3-5-11(10)6-7-12(19)18-14-13(15(20)21)16-8-9-17-14/h2-9H,1H3,(H,20,21)(H,17,18,19). The number of nitrogens with zero attached hydrogens (tertiary/aromatic N) is 2. The van der Waals surface area contributed by atoms with E-state index in [1.807, 2.05) is 31.2 Å². The van der Waals surface area contributed by atoms with Crippen molar-refractivity contribution in [3.05, 3.63) is 59.6 Å². The van der Waals surface area contributed by atoms with E-state index in [1.165, 1.54) is 18.5 Å². The first-order valence-corrected chi connectivity index (χ1v) is 6.17. The minimum absolute atomic E-state index is 0.0792. The zero-order valence-electron chi connectivity index (χ0n) is 11.3. The molecule has 0 atom stereocenters. The summed E-state index contributed by atoms with van der Waals surface area (Å²) in [7, 11) is 0. The Morgan fingerprint density at radius 1 is 1.19 bits per heavy atom. The van der Waals surface area contributed by atoms with Crippen LogP contribution in [0.15, 0.2) is 42.7 Å². The summed E-state index contributed by atoms with van der Waals surface area (Å²) in [6.45, 7) is 1.93. The number of hydrogen-bond acceptors (Lipinski definition) is 4. The molecular weight excluding hydrogens is 270 g/mol. The van der Waals surface area contributed by atoms with Crippen LogP contribution in [0.5, 0.6) is 0 Å². The number of aromatic nitrogens is 2. The summed E-state index contributed by atoms with van der Waals surface area (Å²) in [4.78, 5) is 30.2. The minimum atomic E-state index is -1.25. The number of aryl methyl sites for hydroxylation is 1. The molecule has 0 unspecified atom stereocenters. The quantitative estimate of drug-likeness (QED) is 0.839. The Balaban J connectivity index is 2.13. The van der Waals surface area contributed by atoms with Crippen LogP contribution in [0.4, 0.5) is 5.82 Å². The van der Waals surface area contributed by atoms with E-state index in [4.69, 9.17) is 5.11 Å². The average molecular weight is 283 g/mol. The number of anilines is 1. The molecule has 6 heteroatoms. The smallest absolute Gasteiger partial charge is 0.358 e. The van der Waals surface area contributed by atoms with Crippen molar-refractivity contribution >= 4 is 23.8 Å². The van der Waals surface area contributed by atoms with Gasteiger partial charge in [0.1, 0.15) is 0 Å². The van der Waals surface area contributed by atoms with Gasteiger partial charge in [-0.1, -0.05) is 24.3 Å². The maximum absolute atomic E-state index is 11.8. The van der Waals surface area contributed by atoms with Gasteiger partial charge in [0, 0.05) is 18.5 Å². The van der Waals surface area contributed by atoms with Gasteiger partial charge in [-0.05, 0) is 24.1 Å². The fourth-order valence-corrected chi connectivity index (χ4v) is 1.68. The third-order valence-corrected chi connectivity index (χ3v) is 2.75. The molecule has 0 aliphatic carbocycles. The van der Waals surface area contributed by atoms with Gasteiger partial charge in [-0.3, -0.25) is 4.79 Å². The maximum Gasteiger partial charge on any atom is 0.358 e. The Bertz CT molecular complexity index is 711. The highest BCUT2D eigenvalue weighted by Gasteiger charge is 2.13. The van der Waals surface area contributed by atoms with E-state index in [0.29, 0.717) is 0 Å².